The Morgan fingerprint density at radius 1 is 0.896 bits per heavy atom. The molecular formula is C56H87N3O18. The van der Waals surface area contributed by atoms with Gasteiger partial charge in [-0.05, 0) is 106 Å². The zero-order valence-corrected chi connectivity index (χ0v) is 47.5. The molecule has 5 N–H and O–H groups in total. The highest BCUT2D eigenvalue weighted by atomic mass is 16.7. The number of carbonyl (C=O) groups is 4. The number of benzene rings is 1. The molecule has 21 nitrogen and oxygen atoms in total. The van der Waals surface area contributed by atoms with Crippen LogP contribution in [0.1, 0.15) is 131 Å². The van der Waals surface area contributed by atoms with Gasteiger partial charge in [-0.2, -0.15) is 0 Å². The van der Waals surface area contributed by atoms with E-state index in [0.717, 1.165) is 12.8 Å². The van der Waals surface area contributed by atoms with E-state index < -0.39 is 119 Å². The van der Waals surface area contributed by atoms with Crippen molar-refractivity contribution >= 4 is 40.3 Å². The molecule has 3 saturated heterocycles. The number of ether oxygens (including phenoxy) is 9. The van der Waals surface area contributed by atoms with Crippen molar-refractivity contribution in [3.8, 4) is 0 Å². The summed E-state index contributed by atoms with van der Waals surface area (Å²) in [7, 11) is 6.69. The molecule has 4 fully saturated rings. The van der Waals surface area contributed by atoms with Crippen molar-refractivity contribution in [1.29, 1.82) is 0 Å². The number of likely N-dealkylation sites (N-methyl/N-ethyl adjacent to an activating group) is 1. The predicted molar refractivity (Wildman–Crippen MR) is 282 cm³/mol. The smallest absolute Gasteiger partial charge is 0.341 e. The topological polar surface area (TPSA) is 270 Å². The van der Waals surface area contributed by atoms with E-state index in [1.807, 2.05) is 43.5 Å². The number of carboxylic acids is 1. The van der Waals surface area contributed by atoms with E-state index in [1.165, 1.54) is 34.3 Å². The quantitative estimate of drug-likeness (QED) is 0.0985. The first-order chi connectivity index (χ1) is 36.1. The second kappa shape index (κ2) is 25.5. The molecular weight excluding hydrogens is 1000 g/mol. The van der Waals surface area contributed by atoms with Crippen LogP contribution >= 0.6 is 0 Å². The van der Waals surface area contributed by atoms with Crippen LogP contribution in [0.2, 0.25) is 0 Å². The highest BCUT2D eigenvalue weighted by Gasteiger charge is 2.55. The number of ketones is 1. The Morgan fingerprint density at radius 3 is 2.17 bits per heavy atom. The summed E-state index contributed by atoms with van der Waals surface area (Å²) in [5.74, 6) is -6.72. The van der Waals surface area contributed by atoms with Crippen molar-refractivity contribution in [3.05, 3.63) is 40.2 Å². The number of cyclic esters (lactones) is 1. The van der Waals surface area contributed by atoms with E-state index >= 15 is 0 Å². The van der Waals surface area contributed by atoms with Crippen LogP contribution in [0.15, 0.2) is 29.2 Å². The van der Waals surface area contributed by atoms with Crippen molar-refractivity contribution < 1.29 is 82.2 Å². The number of Topliss-reactive ketones (excluding diaryl/α,β-unsaturated/α-hetero) is 1. The van der Waals surface area contributed by atoms with Crippen molar-refractivity contribution in [2.75, 3.05) is 53.4 Å². The Hall–Kier alpha value is -4.13. The molecule has 434 valence electrons. The van der Waals surface area contributed by atoms with Crippen LogP contribution < -0.4 is 10.7 Å². The van der Waals surface area contributed by atoms with E-state index in [2.05, 4.69) is 5.32 Å². The second-order valence-electron chi connectivity index (χ2n) is 22.9. The van der Waals surface area contributed by atoms with E-state index in [4.69, 9.17) is 42.6 Å². The Bertz CT molecular complexity index is 2430. The van der Waals surface area contributed by atoms with Gasteiger partial charge in [0.1, 0.15) is 34.8 Å². The average molecular weight is 1090 g/mol. The Balaban J connectivity index is 1.18. The lowest BCUT2D eigenvalue weighted by Gasteiger charge is -2.50. The Labute approximate surface area is 452 Å². The average Bonchev–Trinajstić information content (AvgIpc) is 4.28. The van der Waals surface area contributed by atoms with Gasteiger partial charge in [-0.3, -0.25) is 19.2 Å². The molecule has 0 unspecified atom stereocenters. The molecule has 0 spiro atoms. The minimum absolute atomic E-state index is 0.0151. The third-order valence-electron chi connectivity index (χ3n) is 16.7. The highest BCUT2D eigenvalue weighted by Crippen LogP contribution is 2.43. The molecule has 4 heterocycles. The maximum absolute atomic E-state index is 14.6. The van der Waals surface area contributed by atoms with E-state index in [-0.39, 0.29) is 68.4 Å². The number of pyridine rings is 1. The number of nitrogens with zero attached hydrogens (tertiary/aromatic N) is 2. The van der Waals surface area contributed by atoms with Gasteiger partial charge in [-0.1, -0.05) is 27.7 Å². The maximum Gasteiger partial charge on any atom is 0.341 e. The molecule has 0 bridgehead atoms. The number of esters is 2. The van der Waals surface area contributed by atoms with Gasteiger partial charge in [0.15, 0.2) is 18.7 Å². The van der Waals surface area contributed by atoms with Gasteiger partial charge in [-0.15, -0.1) is 0 Å². The number of carboxylic acid groups (broad SMARTS) is 1. The summed E-state index contributed by atoms with van der Waals surface area (Å²) in [6, 6.07) is 5.09. The molecule has 0 radical (unpaired) electrons. The first-order valence-corrected chi connectivity index (χ1v) is 27.3. The monoisotopic (exact) mass is 1090 g/mol. The molecule has 1 aromatic heterocycles. The fourth-order valence-electron chi connectivity index (χ4n) is 11.8. The number of aliphatic hydroxyl groups excluding tert-OH is 2. The molecule has 21 heteroatoms. The largest absolute Gasteiger partial charge is 0.477 e. The van der Waals surface area contributed by atoms with E-state index in [9.17, 15) is 44.4 Å². The van der Waals surface area contributed by atoms with Crippen LogP contribution in [0.3, 0.4) is 0 Å². The van der Waals surface area contributed by atoms with Gasteiger partial charge in [0.25, 0.3) is 0 Å². The number of rotatable bonds is 18. The lowest BCUT2D eigenvalue weighted by atomic mass is 9.74. The van der Waals surface area contributed by atoms with Crippen LogP contribution in [-0.4, -0.2) is 186 Å². The maximum atomic E-state index is 14.6. The molecule has 1 aliphatic carbocycles. The highest BCUT2D eigenvalue weighted by molar-refractivity contribution is 5.93. The van der Waals surface area contributed by atoms with Gasteiger partial charge in [0, 0.05) is 74.3 Å². The third-order valence-corrected chi connectivity index (χ3v) is 16.7. The van der Waals surface area contributed by atoms with Crippen molar-refractivity contribution in [2.45, 2.75) is 204 Å². The number of fused-ring (bicyclic) bond motifs is 1. The lowest BCUT2D eigenvalue weighted by Crippen LogP contribution is -2.61. The molecule has 1 saturated carbocycles. The molecule has 77 heavy (non-hydrogen) atoms. The zero-order chi connectivity index (χ0) is 57.1. The number of hydrogen-bond acceptors (Lipinski definition) is 19. The number of anilines is 1. The molecule has 1 aromatic carbocycles. The lowest BCUT2D eigenvalue weighted by molar-refractivity contribution is -0.320. The number of aliphatic hydroxyl groups is 3. The van der Waals surface area contributed by atoms with E-state index in [0.29, 0.717) is 29.6 Å². The number of hydrogen-bond donors (Lipinski definition) is 5. The standard InChI is InChI=1S/C56H87N3O18/c1-15-41-56(10,68)48(64)31(4)44(61)29(2)26-54(8,69-13)49(77-53-46(63)40(58(11)12)24-30(3)72-53)32(5)47(33(6)52(67)74-41)76-43-27-55(9,70-14)50(34(7)73-43)75-42(60)20-22-71-23-21-57-35-16-19-39-37(25-35)45(62)38(51(65)66)28-59(39)36-17-18-36/h16,19,25,28-34,36,40-41,43,46-50,53,57,63-64,68H,15,17-18,20-24,26-27H2,1-14H3,(H,65,66)/t29-,30+,31-,32+,33+,34-,40-,41-,43+,46-,47+,48+,49-,50+,53-,54-,55+,56+/m0/s1. The van der Waals surface area contributed by atoms with Crippen molar-refractivity contribution in [3.63, 3.8) is 0 Å². The summed E-state index contributed by atoms with van der Waals surface area (Å²) in [6.45, 7) is 17.4. The fraction of sp³-hybridized carbons (Fsp3) is 0.768. The van der Waals surface area contributed by atoms with E-state index in [1.54, 1.807) is 53.7 Å². The van der Waals surface area contributed by atoms with Gasteiger partial charge >= 0.3 is 17.9 Å². The molecule has 3 aliphatic heterocycles. The number of carbonyl (C=O) groups excluding carboxylic acids is 3. The molecule has 18 atom stereocenters. The van der Waals surface area contributed by atoms with Crippen LogP contribution in [0.4, 0.5) is 5.69 Å². The molecule has 4 aliphatic rings. The number of nitrogens with one attached hydrogen (secondary N) is 1. The minimum Gasteiger partial charge on any atom is -0.477 e. The first-order valence-electron chi connectivity index (χ1n) is 27.3. The Kier molecular flexibility index (Phi) is 20.6. The van der Waals surface area contributed by atoms with Crippen LogP contribution in [0, 0.1) is 23.7 Å². The van der Waals surface area contributed by atoms with Crippen LogP contribution in [0.25, 0.3) is 10.9 Å². The van der Waals surface area contributed by atoms with Crippen LogP contribution in [0.5, 0.6) is 0 Å². The summed E-state index contributed by atoms with van der Waals surface area (Å²) in [4.78, 5) is 69.0. The first kappa shape index (κ1) is 62.1. The summed E-state index contributed by atoms with van der Waals surface area (Å²) in [5.41, 5.74) is -4.10. The molecule has 2 aromatic rings. The van der Waals surface area contributed by atoms with Crippen molar-refractivity contribution in [2.24, 2.45) is 23.7 Å². The van der Waals surface area contributed by atoms with Gasteiger partial charge < -0.3 is 77.8 Å². The van der Waals surface area contributed by atoms with Gasteiger partial charge in [0.2, 0.25) is 5.43 Å². The zero-order valence-electron chi connectivity index (χ0n) is 47.5. The number of methoxy groups -OCH3 is 2. The normalized spacial score (nSPS) is 37.8. The minimum atomic E-state index is -2.03. The third kappa shape index (κ3) is 13.9. The van der Waals surface area contributed by atoms with Crippen molar-refractivity contribution in [1.82, 2.24) is 9.47 Å². The fourth-order valence-corrected chi connectivity index (χ4v) is 11.8. The number of aromatic carboxylic acids is 1. The SMILES string of the molecule is CC[C@@H]1OC(=O)[C@H](C)[C@H](O[C@@H]2C[C@@](C)(OC)[C@H](OC(=O)CCOCCNc3ccc4c(c3)c(=O)c(C(=O)O)cn4C3CC3)[C@H](C)O2)[C@@H](C)[C@H](O[C@@H]2O[C@H](C)C[C@H](N(C)C)[C@@H]2O)[C@@](C)(OC)C[C@H](C)C(=O)[C@H](C)[C@@H](O)[C@]1(C)O. The summed E-state index contributed by atoms with van der Waals surface area (Å²) < 4.78 is 58.8. The molecule has 6 rings (SSSR count). The van der Waals surface area contributed by atoms with Gasteiger partial charge in [-0.25, -0.2) is 4.79 Å². The second-order valence-corrected chi connectivity index (χ2v) is 22.9. The predicted octanol–water partition coefficient (Wildman–Crippen LogP) is 4.86. The summed E-state index contributed by atoms with van der Waals surface area (Å²) in [5, 5.41) is 48.4. The molecule has 0 amide bonds. The summed E-state index contributed by atoms with van der Waals surface area (Å²) >= 11 is 0. The van der Waals surface area contributed by atoms with Gasteiger partial charge in [0.05, 0.1) is 67.2 Å². The summed E-state index contributed by atoms with van der Waals surface area (Å²) in [6.07, 6.45) is -6.61. The Morgan fingerprint density at radius 2 is 1.56 bits per heavy atom. The van der Waals surface area contributed by atoms with Crippen LogP contribution in [-0.2, 0) is 57.0 Å². The number of aromatic nitrogens is 1.